The summed E-state index contributed by atoms with van der Waals surface area (Å²) in [6.07, 6.45) is 2.03. The molecule has 0 spiro atoms. The number of para-hydroxylation sites is 1. The van der Waals surface area contributed by atoms with E-state index in [4.69, 9.17) is 8.94 Å². The number of furan rings is 1. The molecule has 28 heavy (non-hydrogen) atoms. The second-order valence-electron chi connectivity index (χ2n) is 6.42. The summed E-state index contributed by atoms with van der Waals surface area (Å²) in [4.78, 5) is 12.8. The van der Waals surface area contributed by atoms with Gasteiger partial charge in [0.25, 0.3) is 6.08 Å². The molecule has 0 fully saturated rings. The quantitative estimate of drug-likeness (QED) is 0.530. The maximum Gasteiger partial charge on any atom is 0.349 e. The summed E-state index contributed by atoms with van der Waals surface area (Å²) in [5, 5.41) is 7.32. The maximum absolute atomic E-state index is 14.4. The molecule has 9 nitrogen and oxygen atoms in total. The van der Waals surface area contributed by atoms with Crippen molar-refractivity contribution in [3.8, 4) is 17.3 Å². The van der Waals surface area contributed by atoms with Gasteiger partial charge in [-0.3, -0.25) is 4.57 Å². The summed E-state index contributed by atoms with van der Waals surface area (Å²) in [7, 11) is 0. The number of hydrogen-bond acceptors (Lipinski definition) is 8. The standard InChI is InChI=1S/C18H12FN7O2/c1-10-6-7-13(27-10)15-22-18(28-23-15)24-9-21-16-11-4-2-3-5-12(11)25-14(26(16)24)8-20-17(25)19/h2-9,16H,1H3. The first-order valence-corrected chi connectivity index (χ1v) is 8.55. The monoisotopic (exact) mass is 377 g/mol. The Bertz CT molecular complexity index is 1240. The number of hydrogen-bond donors (Lipinski definition) is 0. The highest BCUT2D eigenvalue weighted by atomic mass is 19.1. The number of aromatic nitrogens is 4. The number of fused-ring (bicyclic) bond motifs is 6. The molecule has 1 unspecified atom stereocenters. The maximum atomic E-state index is 14.4. The van der Waals surface area contributed by atoms with Crippen LogP contribution in [0, 0.1) is 13.0 Å². The fourth-order valence-electron chi connectivity index (χ4n) is 3.53. The summed E-state index contributed by atoms with van der Waals surface area (Å²) in [6.45, 7) is 1.84. The molecule has 4 aromatic rings. The lowest BCUT2D eigenvalue weighted by Gasteiger charge is -2.35. The molecule has 1 aromatic carbocycles. The van der Waals surface area contributed by atoms with Gasteiger partial charge in [-0.25, -0.2) is 15.0 Å². The van der Waals surface area contributed by atoms with Gasteiger partial charge in [-0.15, -0.1) is 0 Å². The van der Waals surface area contributed by atoms with Crippen LogP contribution in [0.25, 0.3) is 17.3 Å². The summed E-state index contributed by atoms with van der Waals surface area (Å²) in [6, 6.07) is 11.3. The SMILES string of the molecule is Cc1ccc(-c2noc(N3C=NC4c5ccccc5-n5c(cnc5F)N43)n2)o1. The van der Waals surface area contributed by atoms with Crippen LogP contribution < -0.4 is 10.0 Å². The van der Waals surface area contributed by atoms with Gasteiger partial charge in [0, 0.05) is 5.56 Å². The normalized spacial score (nSPS) is 17.0. The van der Waals surface area contributed by atoms with E-state index in [1.807, 2.05) is 37.3 Å². The van der Waals surface area contributed by atoms with Gasteiger partial charge in [0.05, 0.1) is 11.9 Å². The summed E-state index contributed by atoms with van der Waals surface area (Å²) >= 11 is 0. The lowest BCUT2D eigenvalue weighted by atomic mass is 10.1. The van der Waals surface area contributed by atoms with Crippen molar-refractivity contribution in [2.45, 2.75) is 13.1 Å². The van der Waals surface area contributed by atoms with E-state index in [1.165, 1.54) is 10.8 Å². The highest BCUT2D eigenvalue weighted by Crippen LogP contribution is 2.43. The van der Waals surface area contributed by atoms with Crippen LogP contribution in [-0.2, 0) is 0 Å². The Balaban J connectivity index is 1.45. The first-order chi connectivity index (χ1) is 13.7. The minimum atomic E-state index is -0.606. The van der Waals surface area contributed by atoms with E-state index in [1.54, 1.807) is 22.4 Å². The molecule has 5 heterocycles. The van der Waals surface area contributed by atoms with Crippen LogP contribution in [0.4, 0.5) is 16.2 Å². The zero-order chi connectivity index (χ0) is 18.8. The Morgan fingerprint density at radius 3 is 2.89 bits per heavy atom. The summed E-state index contributed by atoms with van der Waals surface area (Å²) in [5.41, 5.74) is 1.54. The Kier molecular flexibility index (Phi) is 2.86. The van der Waals surface area contributed by atoms with Crippen LogP contribution in [0.2, 0.25) is 0 Å². The molecular weight excluding hydrogens is 365 g/mol. The number of imidazole rings is 1. The molecule has 6 rings (SSSR count). The van der Waals surface area contributed by atoms with Crippen LogP contribution in [0.3, 0.4) is 0 Å². The highest BCUT2D eigenvalue weighted by Gasteiger charge is 2.41. The lowest BCUT2D eigenvalue weighted by molar-refractivity contribution is 0.417. The molecule has 0 amide bonds. The Morgan fingerprint density at radius 2 is 2.04 bits per heavy atom. The molecule has 1 atom stereocenters. The molecule has 0 N–H and O–H groups in total. The van der Waals surface area contributed by atoms with Gasteiger partial charge >= 0.3 is 6.01 Å². The van der Waals surface area contributed by atoms with Crippen LogP contribution in [0.1, 0.15) is 17.5 Å². The van der Waals surface area contributed by atoms with E-state index < -0.39 is 6.08 Å². The topological polar surface area (TPSA) is 88.7 Å². The van der Waals surface area contributed by atoms with Crippen molar-refractivity contribution in [1.29, 1.82) is 0 Å². The molecule has 10 heteroatoms. The molecule has 138 valence electrons. The third kappa shape index (κ3) is 1.94. The van der Waals surface area contributed by atoms with Crippen LogP contribution in [-0.4, -0.2) is 26.0 Å². The second-order valence-corrected chi connectivity index (χ2v) is 6.42. The predicted molar refractivity (Wildman–Crippen MR) is 96.5 cm³/mol. The van der Waals surface area contributed by atoms with Crippen molar-refractivity contribution < 1.29 is 13.3 Å². The third-order valence-corrected chi connectivity index (χ3v) is 4.74. The van der Waals surface area contributed by atoms with E-state index >= 15 is 0 Å². The van der Waals surface area contributed by atoms with Crippen molar-refractivity contribution in [1.82, 2.24) is 19.7 Å². The molecule has 2 aliphatic heterocycles. The molecule has 0 saturated carbocycles. The van der Waals surface area contributed by atoms with Crippen molar-refractivity contribution >= 4 is 18.2 Å². The average molecular weight is 377 g/mol. The minimum absolute atomic E-state index is 0.183. The predicted octanol–water partition coefficient (Wildman–Crippen LogP) is 3.24. The van der Waals surface area contributed by atoms with Crippen LogP contribution in [0.15, 0.2) is 56.5 Å². The third-order valence-electron chi connectivity index (χ3n) is 4.74. The van der Waals surface area contributed by atoms with Crippen LogP contribution >= 0.6 is 0 Å². The number of hydrazine groups is 1. The minimum Gasteiger partial charge on any atom is -0.458 e. The van der Waals surface area contributed by atoms with E-state index in [9.17, 15) is 4.39 Å². The number of aryl methyl sites for hydroxylation is 1. The van der Waals surface area contributed by atoms with Crippen molar-refractivity contribution in [2.75, 3.05) is 10.0 Å². The first-order valence-electron chi connectivity index (χ1n) is 8.55. The zero-order valence-corrected chi connectivity index (χ0v) is 14.5. The van der Waals surface area contributed by atoms with Gasteiger partial charge in [-0.05, 0) is 25.1 Å². The number of rotatable bonds is 2. The molecule has 3 aromatic heterocycles. The van der Waals surface area contributed by atoms with Crippen molar-refractivity contribution in [3.05, 3.63) is 60.0 Å². The number of nitrogens with zero attached hydrogens (tertiary/aromatic N) is 7. The van der Waals surface area contributed by atoms with E-state index in [0.29, 0.717) is 23.1 Å². The van der Waals surface area contributed by atoms with E-state index in [-0.39, 0.29) is 12.2 Å². The van der Waals surface area contributed by atoms with E-state index in [2.05, 4.69) is 20.1 Å². The molecule has 0 aliphatic carbocycles. The van der Waals surface area contributed by atoms with Gasteiger partial charge in [-0.2, -0.15) is 14.4 Å². The highest BCUT2D eigenvalue weighted by molar-refractivity contribution is 5.85. The fraction of sp³-hybridized carbons (Fsp3) is 0.111. The number of halogens is 1. The zero-order valence-electron chi connectivity index (χ0n) is 14.5. The largest absolute Gasteiger partial charge is 0.458 e. The van der Waals surface area contributed by atoms with Gasteiger partial charge in [0.15, 0.2) is 17.7 Å². The Hall–Kier alpha value is -3.95. The number of anilines is 2. The first kappa shape index (κ1) is 15.1. The Labute approximate surface area is 157 Å². The summed E-state index contributed by atoms with van der Waals surface area (Å²) in [5.74, 6) is 2.07. The van der Waals surface area contributed by atoms with Gasteiger partial charge < -0.3 is 8.94 Å². The molecule has 0 radical (unpaired) electrons. The fourth-order valence-corrected chi connectivity index (χ4v) is 3.53. The number of aliphatic imine (C=N–C) groups is 1. The van der Waals surface area contributed by atoms with Crippen molar-refractivity contribution in [2.24, 2.45) is 4.99 Å². The smallest absolute Gasteiger partial charge is 0.349 e. The summed E-state index contributed by atoms with van der Waals surface area (Å²) < 4.78 is 26.8. The molecule has 0 bridgehead atoms. The van der Waals surface area contributed by atoms with Gasteiger partial charge in [-0.1, -0.05) is 23.4 Å². The van der Waals surface area contributed by atoms with Gasteiger partial charge in [0.2, 0.25) is 5.82 Å². The molecule has 2 aliphatic rings. The van der Waals surface area contributed by atoms with Crippen molar-refractivity contribution in [3.63, 3.8) is 0 Å². The lowest BCUT2D eigenvalue weighted by Crippen LogP contribution is -2.42. The van der Waals surface area contributed by atoms with Crippen LogP contribution in [0.5, 0.6) is 0 Å². The average Bonchev–Trinajstić information content (AvgIpc) is 3.47. The number of benzene rings is 1. The van der Waals surface area contributed by atoms with Gasteiger partial charge in [0.1, 0.15) is 12.1 Å². The molecular formula is C18H12FN7O2. The Morgan fingerprint density at radius 1 is 1.14 bits per heavy atom. The van der Waals surface area contributed by atoms with E-state index in [0.717, 1.165) is 11.3 Å². The molecule has 0 saturated heterocycles. The second kappa shape index (κ2) is 5.28.